The molecule has 1 saturated carbocycles. The van der Waals surface area contributed by atoms with Gasteiger partial charge in [0, 0.05) is 54.5 Å². The number of carbonyl (C=O) groups excluding carboxylic acids is 2. The molecule has 0 radical (unpaired) electrons. The van der Waals surface area contributed by atoms with E-state index in [1.807, 2.05) is 53.4 Å². The van der Waals surface area contributed by atoms with Crippen LogP contribution in [0, 0.1) is 0 Å². The van der Waals surface area contributed by atoms with Gasteiger partial charge in [-0.2, -0.15) is 4.98 Å². The summed E-state index contributed by atoms with van der Waals surface area (Å²) in [6, 6.07) is 15.1. The van der Waals surface area contributed by atoms with Crippen molar-refractivity contribution in [1.29, 1.82) is 0 Å². The molecule has 3 aromatic rings. The second kappa shape index (κ2) is 7.98. The number of hydrogen-bond acceptors (Lipinski definition) is 6. The molecular formula is C24H24N4O3. The lowest BCUT2D eigenvalue weighted by Gasteiger charge is -2.36. The second-order valence-electron chi connectivity index (χ2n) is 8.19. The van der Waals surface area contributed by atoms with E-state index in [2.05, 4.69) is 15.0 Å². The van der Waals surface area contributed by atoms with E-state index in [1.165, 1.54) is 0 Å². The molecular weight excluding hydrogens is 392 g/mol. The molecule has 1 aliphatic carbocycles. The van der Waals surface area contributed by atoms with Gasteiger partial charge in [0.2, 0.25) is 11.7 Å². The topological polar surface area (TPSA) is 79.5 Å². The van der Waals surface area contributed by atoms with E-state index < -0.39 is 0 Å². The van der Waals surface area contributed by atoms with E-state index in [0.717, 1.165) is 37.2 Å². The molecule has 7 heteroatoms. The predicted octanol–water partition coefficient (Wildman–Crippen LogP) is 3.78. The van der Waals surface area contributed by atoms with Gasteiger partial charge in [-0.15, -0.1) is 0 Å². The number of carbonyl (C=O) groups is 2. The molecule has 5 rings (SSSR count). The van der Waals surface area contributed by atoms with Crippen LogP contribution in [0.25, 0.3) is 11.4 Å². The summed E-state index contributed by atoms with van der Waals surface area (Å²) < 4.78 is 5.32. The monoisotopic (exact) mass is 416 g/mol. The summed E-state index contributed by atoms with van der Waals surface area (Å²) in [5.74, 6) is 1.81. The normalized spacial score (nSPS) is 16.4. The van der Waals surface area contributed by atoms with Gasteiger partial charge in [0.05, 0.1) is 0 Å². The minimum Gasteiger partial charge on any atom is -0.368 e. The van der Waals surface area contributed by atoms with Crippen molar-refractivity contribution in [2.75, 3.05) is 31.1 Å². The number of piperazine rings is 1. The number of rotatable bonds is 5. The first-order chi connectivity index (χ1) is 15.1. The van der Waals surface area contributed by atoms with E-state index in [4.69, 9.17) is 4.52 Å². The van der Waals surface area contributed by atoms with Gasteiger partial charge in [-0.3, -0.25) is 9.59 Å². The lowest BCUT2D eigenvalue weighted by molar-refractivity contribution is 0.0746. The third kappa shape index (κ3) is 4.08. The number of benzene rings is 2. The van der Waals surface area contributed by atoms with Crippen LogP contribution in [0.3, 0.4) is 0 Å². The molecule has 1 aromatic heterocycles. The molecule has 1 aliphatic heterocycles. The first-order valence-electron chi connectivity index (χ1n) is 10.7. The molecule has 0 bridgehead atoms. The Morgan fingerprint density at radius 1 is 0.903 bits per heavy atom. The first-order valence-corrected chi connectivity index (χ1v) is 10.7. The van der Waals surface area contributed by atoms with Crippen molar-refractivity contribution < 1.29 is 14.1 Å². The Morgan fingerprint density at radius 3 is 2.16 bits per heavy atom. The highest BCUT2D eigenvalue weighted by atomic mass is 16.5. The SMILES string of the molecule is CC(=O)c1ccc(N2CCN(C(=O)c3ccc(-c4noc(C5CC5)n4)cc3)CC2)cc1. The Balaban J connectivity index is 1.20. The molecule has 7 nitrogen and oxygen atoms in total. The molecule has 0 unspecified atom stereocenters. The third-order valence-corrected chi connectivity index (χ3v) is 5.96. The molecule has 158 valence electrons. The van der Waals surface area contributed by atoms with Crippen molar-refractivity contribution in [3.8, 4) is 11.4 Å². The summed E-state index contributed by atoms with van der Waals surface area (Å²) >= 11 is 0. The molecule has 2 heterocycles. The van der Waals surface area contributed by atoms with Crippen LogP contribution in [0.4, 0.5) is 5.69 Å². The number of ketones is 1. The fourth-order valence-corrected chi connectivity index (χ4v) is 3.87. The quantitative estimate of drug-likeness (QED) is 0.589. The van der Waals surface area contributed by atoms with Crippen LogP contribution >= 0.6 is 0 Å². The third-order valence-electron chi connectivity index (χ3n) is 5.96. The highest BCUT2D eigenvalue weighted by Gasteiger charge is 2.30. The molecule has 2 aromatic carbocycles. The van der Waals surface area contributed by atoms with Gasteiger partial charge in [0.15, 0.2) is 5.78 Å². The van der Waals surface area contributed by atoms with Crippen LogP contribution in [0.1, 0.15) is 52.3 Å². The van der Waals surface area contributed by atoms with Crippen LogP contribution in [0.15, 0.2) is 53.1 Å². The van der Waals surface area contributed by atoms with Crippen molar-refractivity contribution in [3.63, 3.8) is 0 Å². The molecule has 1 saturated heterocycles. The number of amides is 1. The smallest absolute Gasteiger partial charge is 0.253 e. The largest absolute Gasteiger partial charge is 0.368 e. The zero-order chi connectivity index (χ0) is 21.4. The number of hydrogen-bond donors (Lipinski definition) is 0. The van der Waals surface area contributed by atoms with Crippen molar-refractivity contribution in [1.82, 2.24) is 15.0 Å². The summed E-state index contributed by atoms with van der Waals surface area (Å²) in [7, 11) is 0. The zero-order valence-electron chi connectivity index (χ0n) is 17.5. The van der Waals surface area contributed by atoms with E-state index in [0.29, 0.717) is 41.8 Å². The minimum atomic E-state index is 0.0323. The van der Waals surface area contributed by atoms with Crippen LogP contribution in [0.2, 0.25) is 0 Å². The Morgan fingerprint density at radius 2 is 1.55 bits per heavy atom. The maximum absolute atomic E-state index is 12.9. The molecule has 2 fully saturated rings. The zero-order valence-corrected chi connectivity index (χ0v) is 17.5. The average Bonchev–Trinajstić information content (AvgIpc) is 3.55. The van der Waals surface area contributed by atoms with E-state index in [-0.39, 0.29) is 11.7 Å². The van der Waals surface area contributed by atoms with Crippen LogP contribution in [0.5, 0.6) is 0 Å². The van der Waals surface area contributed by atoms with E-state index in [9.17, 15) is 9.59 Å². The Bertz CT molecular complexity index is 1090. The Hall–Kier alpha value is -3.48. The number of Topliss-reactive ketones (excluding diaryl/α,β-unsaturated/α-hetero) is 1. The molecule has 0 spiro atoms. The van der Waals surface area contributed by atoms with Gasteiger partial charge < -0.3 is 14.3 Å². The fraction of sp³-hybridized carbons (Fsp3) is 0.333. The van der Waals surface area contributed by atoms with E-state index >= 15 is 0 Å². The first kappa shape index (κ1) is 19.5. The molecule has 2 aliphatic rings. The fourth-order valence-electron chi connectivity index (χ4n) is 3.87. The summed E-state index contributed by atoms with van der Waals surface area (Å²) in [5.41, 5.74) is 3.30. The van der Waals surface area contributed by atoms with Gasteiger partial charge in [0.1, 0.15) is 0 Å². The lowest BCUT2D eigenvalue weighted by atomic mass is 10.1. The molecule has 31 heavy (non-hydrogen) atoms. The van der Waals surface area contributed by atoms with Crippen molar-refractivity contribution in [2.24, 2.45) is 0 Å². The standard InChI is InChI=1S/C24H24N4O3/c1-16(29)17-8-10-21(11-9-17)27-12-14-28(15-13-27)24(30)20-6-2-18(3-7-20)22-25-23(31-26-22)19-4-5-19/h2-3,6-11,19H,4-5,12-15H2,1H3. The summed E-state index contributed by atoms with van der Waals surface area (Å²) in [6.07, 6.45) is 2.23. The summed E-state index contributed by atoms with van der Waals surface area (Å²) in [6.45, 7) is 4.40. The van der Waals surface area contributed by atoms with Crippen molar-refractivity contribution >= 4 is 17.4 Å². The maximum atomic E-state index is 12.9. The van der Waals surface area contributed by atoms with Gasteiger partial charge in [-0.05, 0) is 56.2 Å². The van der Waals surface area contributed by atoms with Crippen molar-refractivity contribution in [2.45, 2.75) is 25.7 Å². The lowest BCUT2D eigenvalue weighted by Crippen LogP contribution is -2.48. The summed E-state index contributed by atoms with van der Waals surface area (Å²) in [5, 5.41) is 4.06. The van der Waals surface area contributed by atoms with E-state index in [1.54, 1.807) is 6.92 Å². The number of anilines is 1. The van der Waals surface area contributed by atoms with Crippen LogP contribution < -0.4 is 4.90 Å². The van der Waals surface area contributed by atoms with Gasteiger partial charge in [-0.1, -0.05) is 17.3 Å². The second-order valence-corrected chi connectivity index (χ2v) is 8.19. The maximum Gasteiger partial charge on any atom is 0.253 e. The molecule has 0 atom stereocenters. The van der Waals surface area contributed by atoms with Gasteiger partial charge in [0.25, 0.3) is 5.91 Å². The van der Waals surface area contributed by atoms with Crippen LogP contribution in [-0.4, -0.2) is 52.9 Å². The summed E-state index contributed by atoms with van der Waals surface area (Å²) in [4.78, 5) is 33.0. The Kier molecular flexibility index (Phi) is 5.02. The van der Waals surface area contributed by atoms with Gasteiger partial charge in [-0.25, -0.2) is 0 Å². The molecule has 1 amide bonds. The number of aromatic nitrogens is 2. The number of nitrogens with zero attached hydrogens (tertiary/aromatic N) is 4. The van der Waals surface area contributed by atoms with Crippen molar-refractivity contribution in [3.05, 3.63) is 65.5 Å². The average molecular weight is 416 g/mol. The highest BCUT2D eigenvalue weighted by molar-refractivity contribution is 5.95. The highest BCUT2D eigenvalue weighted by Crippen LogP contribution is 2.39. The molecule has 0 N–H and O–H groups in total. The van der Waals surface area contributed by atoms with Crippen LogP contribution in [-0.2, 0) is 0 Å². The van der Waals surface area contributed by atoms with Gasteiger partial charge >= 0.3 is 0 Å². The Labute approximate surface area is 180 Å². The minimum absolute atomic E-state index is 0.0323. The predicted molar refractivity (Wildman–Crippen MR) is 116 cm³/mol.